The topological polar surface area (TPSA) is 78.3 Å². The summed E-state index contributed by atoms with van der Waals surface area (Å²) in [6, 6.07) is 10.6. The van der Waals surface area contributed by atoms with E-state index in [1.165, 1.54) is 6.33 Å². The molecule has 1 aromatic heterocycles. The van der Waals surface area contributed by atoms with Crippen molar-refractivity contribution in [3.05, 3.63) is 63.9 Å². The third kappa shape index (κ3) is 3.63. The average molecular weight is 419 g/mol. The van der Waals surface area contributed by atoms with Gasteiger partial charge in [0, 0.05) is 0 Å². The normalized spacial score (nSPS) is 15.7. The third-order valence-corrected chi connectivity index (χ3v) is 5.19. The molecule has 0 unspecified atom stereocenters. The number of fused-ring (bicyclic) bond motifs is 1. The summed E-state index contributed by atoms with van der Waals surface area (Å²) in [5.74, 6) is 1.46. The van der Waals surface area contributed by atoms with Crippen LogP contribution in [0, 0.1) is 0 Å². The molecule has 2 heterocycles. The van der Waals surface area contributed by atoms with E-state index in [0.717, 1.165) is 11.1 Å². The quantitative estimate of drug-likeness (QED) is 0.674. The van der Waals surface area contributed by atoms with Gasteiger partial charge in [-0.05, 0) is 35.4 Å². The maximum atomic E-state index is 12.0. The summed E-state index contributed by atoms with van der Waals surface area (Å²) in [5, 5.41) is 7.89. The molecule has 144 valence electrons. The lowest BCUT2D eigenvalue weighted by Gasteiger charge is -2.24. The molecule has 9 heteroatoms. The molecule has 1 amide bonds. The molecule has 28 heavy (non-hydrogen) atoms. The molecule has 4 rings (SSSR count). The molecule has 0 aliphatic carbocycles. The molecule has 7 nitrogen and oxygen atoms in total. The smallest absolute Gasteiger partial charge is 0.229 e. The Bertz CT molecular complexity index is 1040. The highest BCUT2D eigenvalue weighted by molar-refractivity contribution is 6.42. The number of ether oxygens (including phenoxy) is 2. The standard InChI is InChI=1S/C19H16Cl2N4O3/c1-27-17-7-12(15-8-18(26)24-19-22-10-23-25(15)19)3-5-16(17)28-9-11-2-4-13(20)14(21)6-11/h2-7,10,15H,8-9H2,1H3,(H,22,23,24,26)/t15-/m0/s1. The number of anilines is 1. The summed E-state index contributed by atoms with van der Waals surface area (Å²) in [5.41, 5.74) is 1.76. The third-order valence-electron chi connectivity index (χ3n) is 4.45. The minimum Gasteiger partial charge on any atom is -0.493 e. The zero-order valence-corrected chi connectivity index (χ0v) is 16.4. The van der Waals surface area contributed by atoms with Gasteiger partial charge in [0.25, 0.3) is 0 Å². The highest BCUT2D eigenvalue weighted by Gasteiger charge is 2.28. The molecule has 0 spiro atoms. The fraction of sp³-hybridized carbons (Fsp3) is 0.211. The van der Waals surface area contributed by atoms with Crippen LogP contribution in [-0.2, 0) is 11.4 Å². The largest absolute Gasteiger partial charge is 0.493 e. The molecule has 1 aliphatic heterocycles. The first kappa shape index (κ1) is 18.6. The molecular formula is C19H16Cl2N4O3. The number of benzene rings is 2. The van der Waals surface area contributed by atoms with Gasteiger partial charge in [0.2, 0.25) is 11.9 Å². The van der Waals surface area contributed by atoms with Gasteiger partial charge in [0.1, 0.15) is 12.9 Å². The van der Waals surface area contributed by atoms with E-state index in [0.29, 0.717) is 34.1 Å². The van der Waals surface area contributed by atoms with E-state index >= 15 is 0 Å². The van der Waals surface area contributed by atoms with Gasteiger partial charge in [-0.25, -0.2) is 4.68 Å². The molecule has 0 saturated heterocycles. The average Bonchev–Trinajstić information content (AvgIpc) is 3.16. The van der Waals surface area contributed by atoms with Crippen LogP contribution in [0.3, 0.4) is 0 Å². The second kappa shape index (κ2) is 7.69. The number of halogens is 2. The maximum Gasteiger partial charge on any atom is 0.229 e. The van der Waals surface area contributed by atoms with Crippen LogP contribution in [-0.4, -0.2) is 27.8 Å². The molecular weight excluding hydrogens is 403 g/mol. The predicted molar refractivity (Wildman–Crippen MR) is 105 cm³/mol. The van der Waals surface area contributed by atoms with E-state index in [2.05, 4.69) is 15.4 Å². The first-order valence-electron chi connectivity index (χ1n) is 8.49. The van der Waals surface area contributed by atoms with Gasteiger partial charge in [0.05, 0.1) is 29.6 Å². The number of hydrogen-bond acceptors (Lipinski definition) is 5. The Hall–Kier alpha value is -2.77. The molecule has 2 aromatic carbocycles. The van der Waals surface area contributed by atoms with Gasteiger partial charge in [-0.3, -0.25) is 10.1 Å². The van der Waals surface area contributed by atoms with Gasteiger partial charge >= 0.3 is 0 Å². The Kier molecular flexibility index (Phi) is 5.11. The van der Waals surface area contributed by atoms with Crippen molar-refractivity contribution in [2.45, 2.75) is 19.1 Å². The van der Waals surface area contributed by atoms with Crippen LogP contribution in [0.1, 0.15) is 23.6 Å². The second-order valence-corrected chi connectivity index (χ2v) is 7.06. The zero-order chi connectivity index (χ0) is 19.7. The monoisotopic (exact) mass is 418 g/mol. The summed E-state index contributed by atoms with van der Waals surface area (Å²) in [4.78, 5) is 16.0. The SMILES string of the molecule is COc1cc([C@@H]2CC(=O)Nc3ncnn32)ccc1OCc1ccc(Cl)c(Cl)c1. The van der Waals surface area contributed by atoms with Crippen molar-refractivity contribution >= 4 is 35.1 Å². The van der Waals surface area contributed by atoms with Crippen molar-refractivity contribution in [1.82, 2.24) is 14.8 Å². The van der Waals surface area contributed by atoms with Crippen molar-refractivity contribution in [3.8, 4) is 11.5 Å². The second-order valence-electron chi connectivity index (χ2n) is 6.24. The summed E-state index contributed by atoms with van der Waals surface area (Å²) < 4.78 is 13.1. The van der Waals surface area contributed by atoms with Crippen LogP contribution in [0.2, 0.25) is 10.0 Å². The molecule has 1 aliphatic rings. The van der Waals surface area contributed by atoms with Crippen LogP contribution < -0.4 is 14.8 Å². The minimum atomic E-state index is -0.260. The Labute approximate surface area is 171 Å². The van der Waals surface area contributed by atoms with E-state index in [-0.39, 0.29) is 18.4 Å². The fourth-order valence-electron chi connectivity index (χ4n) is 3.07. The summed E-state index contributed by atoms with van der Waals surface area (Å²) >= 11 is 12.0. The Morgan fingerprint density at radius 3 is 2.82 bits per heavy atom. The molecule has 0 fully saturated rings. The van der Waals surface area contributed by atoms with Crippen molar-refractivity contribution in [3.63, 3.8) is 0 Å². The number of rotatable bonds is 5. The lowest BCUT2D eigenvalue weighted by Crippen LogP contribution is -2.29. The van der Waals surface area contributed by atoms with Crippen LogP contribution >= 0.6 is 23.2 Å². The van der Waals surface area contributed by atoms with Gasteiger partial charge in [-0.2, -0.15) is 10.1 Å². The summed E-state index contributed by atoms with van der Waals surface area (Å²) in [6.07, 6.45) is 1.68. The van der Waals surface area contributed by atoms with E-state index in [4.69, 9.17) is 32.7 Å². The van der Waals surface area contributed by atoms with E-state index in [9.17, 15) is 4.79 Å². The summed E-state index contributed by atoms with van der Waals surface area (Å²) in [6.45, 7) is 0.311. The van der Waals surface area contributed by atoms with Gasteiger partial charge in [-0.15, -0.1) is 0 Å². The van der Waals surface area contributed by atoms with Gasteiger partial charge < -0.3 is 9.47 Å². The first-order chi connectivity index (χ1) is 13.5. The number of amides is 1. The van der Waals surface area contributed by atoms with E-state index in [1.807, 2.05) is 24.3 Å². The number of hydrogen-bond donors (Lipinski definition) is 1. The Morgan fingerprint density at radius 1 is 1.18 bits per heavy atom. The summed E-state index contributed by atoms with van der Waals surface area (Å²) in [7, 11) is 1.57. The maximum absolute atomic E-state index is 12.0. The van der Waals surface area contributed by atoms with Crippen molar-refractivity contribution in [1.29, 1.82) is 0 Å². The molecule has 3 aromatic rings. The Balaban J connectivity index is 1.57. The fourth-order valence-corrected chi connectivity index (χ4v) is 3.39. The molecule has 0 radical (unpaired) electrons. The zero-order valence-electron chi connectivity index (χ0n) is 14.9. The highest BCUT2D eigenvalue weighted by Crippen LogP contribution is 2.35. The number of methoxy groups -OCH3 is 1. The van der Waals surface area contributed by atoms with Gasteiger partial charge in [-0.1, -0.05) is 35.3 Å². The number of carbonyl (C=O) groups excluding carboxylic acids is 1. The molecule has 1 N–H and O–H groups in total. The minimum absolute atomic E-state index is 0.107. The lowest BCUT2D eigenvalue weighted by atomic mass is 10.0. The van der Waals surface area contributed by atoms with Gasteiger partial charge in [0.15, 0.2) is 11.5 Å². The Morgan fingerprint density at radius 2 is 2.04 bits per heavy atom. The van der Waals surface area contributed by atoms with Crippen LogP contribution in [0.15, 0.2) is 42.7 Å². The number of nitrogens with zero attached hydrogens (tertiary/aromatic N) is 3. The van der Waals surface area contributed by atoms with E-state index in [1.54, 1.807) is 23.9 Å². The number of nitrogens with one attached hydrogen (secondary N) is 1. The molecule has 1 atom stereocenters. The van der Waals surface area contributed by atoms with E-state index < -0.39 is 0 Å². The van der Waals surface area contributed by atoms with Crippen molar-refractivity contribution < 1.29 is 14.3 Å². The first-order valence-corrected chi connectivity index (χ1v) is 9.25. The van der Waals surface area contributed by atoms with Crippen LogP contribution in [0.5, 0.6) is 11.5 Å². The molecule has 0 saturated carbocycles. The van der Waals surface area contributed by atoms with Crippen LogP contribution in [0.4, 0.5) is 5.95 Å². The predicted octanol–water partition coefficient (Wildman–Crippen LogP) is 4.10. The molecule has 0 bridgehead atoms. The lowest BCUT2D eigenvalue weighted by molar-refractivity contribution is -0.117. The highest BCUT2D eigenvalue weighted by atomic mass is 35.5. The number of carbonyl (C=O) groups is 1. The van der Waals surface area contributed by atoms with Crippen molar-refractivity contribution in [2.75, 3.05) is 12.4 Å². The van der Waals surface area contributed by atoms with Crippen molar-refractivity contribution in [2.24, 2.45) is 0 Å². The number of aromatic nitrogens is 3. The van der Waals surface area contributed by atoms with Crippen LogP contribution in [0.25, 0.3) is 0 Å².